The van der Waals surface area contributed by atoms with Crippen LogP contribution in [0.25, 0.3) is 0 Å². The van der Waals surface area contributed by atoms with Gasteiger partial charge in [-0.2, -0.15) is 13.2 Å². The van der Waals surface area contributed by atoms with E-state index in [0.29, 0.717) is 12.0 Å². The molecule has 0 amide bonds. The van der Waals surface area contributed by atoms with Crippen molar-refractivity contribution in [3.63, 3.8) is 0 Å². The molecular formula is C15H20ClF3N2. The van der Waals surface area contributed by atoms with Crippen molar-refractivity contribution >= 4 is 12.4 Å². The molecule has 1 N–H and O–H groups in total. The first-order valence-electron chi connectivity index (χ1n) is 6.76. The van der Waals surface area contributed by atoms with Gasteiger partial charge >= 0.3 is 6.18 Å². The third-order valence-electron chi connectivity index (χ3n) is 3.61. The van der Waals surface area contributed by atoms with E-state index in [9.17, 15) is 13.2 Å². The molecule has 21 heavy (non-hydrogen) atoms. The van der Waals surface area contributed by atoms with E-state index in [2.05, 4.69) is 16.8 Å². The number of nitrogens with one attached hydrogen (secondary N) is 1. The monoisotopic (exact) mass is 320 g/mol. The average Bonchev–Trinajstić information content (AvgIpc) is 2.45. The lowest BCUT2D eigenvalue weighted by atomic mass is 9.95. The van der Waals surface area contributed by atoms with Gasteiger partial charge in [-0.1, -0.05) is 24.3 Å². The van der Waals surface area contributed by atoms with Crippen LogP contribution in [0.15, 0.2) is 36.9 Å². The zero-order chi connectivity index (χ0) is 14.6. The molecule has 118 valence electrons. The van der Waals surface area contributed by atoms with Crippen LogP contribution in [0.3, 0.4) is 0 Å². The number of benzene rings is 1. The number of hydrogen-bond acceptors (Lipinski definition) is 2. The first-order valence-corrected chi connectivity index (χ1v) is 6.76. The van der Waals surface area contributed by atoms with E-state index in [1.807, 2.05) is 0 Å². The SMILES string of the molecule is C=CC[C@H](c1ccccc1C(F)(F)F)N1CCNCC1.Cl. The summed E-state index contributed by atoms with van der Waals surface area (Å²) >= 11 is 0. The van der Waals surface area contributed by atoms with Gasteiger partial charge in [0.25, 0.3) is 0 Å². The Balaban J connectivity index is 0.00000220. The van der Waals surface area contributed by atoms with Crippen molar-refractivity contribution < 1.29 is 13.2 Å². The molecule has 1 aromatic carbocycles. The molecule has 1 atom stereocenters. The minimum atomic E-state index is -4.32. The molecule has 1 fully saturated rings. The maximum absolute atomic E-state index is 13.2. The van der Waals surface area contributed by atoms with Crippen molar-refractivity contribution in [2.45, 2.75) is 18.6 Å². The van der Waals surface area contributed by atoms with Gasteiger partial charge in [-0.25, -0.2) is 0 Å². The molecule has 1 aliphatic heterocycles. The molecule has 0 unspecified atom stereocenters. The first kappa shape index (κ1) is 18.0. The number of hydrogen-bond donors (Lipinski definition) is 1. The highest BCUT2D eigenvalue weighted by Crippen LogP contribution is 2.37. The molecule has 0 spiro atoms. The topological polar surface area (TPSA) is 15.3 Å². The fourth-order valence-electron chi connectivity index (χ4n) is 2.67. The van der Waals surface area contributed by atoms with E-state index in [0.717, 1.165) is 32.2 Å². The standard InChI is InChI=1S/C15H19F3N2.ClH/c1-2-5-14(20-10-8-19-9-11-20)12-6-3-4-7-13(12)15(16,17)18;/h2-4,6-7,14,19H,1,5,8-11H2;1H/t14-;/m1./s1. The van der Waals surface area contributed by atoms with Gasteiger partial charge in [0.2, 0.25) is 0 Å². The molecule has 1 aromatic rings. The molecule has 6 heteroatoms. The largest absolute Gasteiger partial charge is 0.416 e. The van der Waals surface area contributed by atoms with Crippen LogP contribution >= 0.6 is 12.4 Å². The summed E-state index contributed by atoms with van der Waals surface area (Å²) in [5.74, 6) is 0. The van der Waals surface area contributed by atoms with Crippen molar-refractivity contribution in [1.29, 1.82) is 0 Å². The van der Waals surface area contributed by atoms with E-state index < -0.39 is 11.7 Å². The van der Waals surface area contributed by atoms with E-state index in [-0.39, 0.29) is 18.4 Å². The van der Waals surface area contributed by atoms with Gasteiger partial charge in [-0.05, 0) is 18.1 Å². The minimum absolute atomic E-state index is 0. The van der Waals surface area contributed by atoms with E-state index in [4.69, 9.17) is 0 Å². The van der Waals surface area contributed by atoms with Crippen LogP contribution in [-0.2, 0) is 6.18 Å². The number of alkyl halides is 3. The highest BCUT2D eigenvalue weighted by atomic mass is 35.5. The molecular weight excluding hydrogens is 301 g/mol. The van der Waals surface area contributed by atoms with Crippen LogP contribution in [0.4, 0.5) is 13.2 Å². The third kappa shape index (κ3) is 4.46. The van der Waals surface area contributed by atoms with Gasteiger partial charge in [-0.15, -0.1) is 19.0 Å². The van der Waals surface area contributed by atoms with Gasteiger partial charge in [0, 0.05) is 32.2 Å². The second kappa shape index (κ2) is 7.82. The second-order valence-corrected chi connectivity index (χ2v) is 4.91. The summed E-state index contributed by atoms with van der Waals surface area (Å²) in [6.45, 7) is 6.81. The molecule has 1 saturated heterocycles. The Morgan fingerprint density at radius 1 is 1.24 bits per heavy atom. The van der Waals surface area contributed by atoms with Gasteiger partial charge in [0.05, 0.1) is 5.56 Å². The zero-order valence-corrected chi connectivity index (χ0v) is 12.5. The quantitative estimate of drug-likeness (QED) is 0.852. The molecule has 0 bridgehead atoms. The summed E-state index contributed by atoms with van der Waals surface area (Å²) in [6.07, 6.45) is -2.10. The van der Waals surface area contributed by atoms with Gasteiger partial charge < -0.3 is 5.32 Å². The van der Waals surface area contributed by atoms with Crippen molar-refractivity contribution in [3.05, 3.63) is 48.0 Å². The van der Waals surface area contributed by atoms with E-state index >= 15 is 0 Å². The summed E-state index contributed by atoms with van der Waals surface area (Å²) < 4.78 is 39.5. The molecule has 0 saturated carbocycles. The highest BCUT2D eigenvalue weighted by molar-refractivity contribution is 5.85. The summed E-state index contributed by atoms with van der Waals surface area (Å²) in [4.78, 5) is 2.10. The summed E-state index contributed by atoms with van der Waals surface area (Å²) in [6, 6.07) is 5.59. The predicted octanol–water partition coefficient (Wildman–Crippen LogP) is 3.65. The Bertz CT molecular complexity index is 456. The van der Waals surface area contributed by atoms with Crippen LogP contribution in [-0.4, -0.2) is 31.1 Å². The fourth-order valence-corrected chi connectivity index (χ4v) is 2.67. The maximum atomic E-state index is 13.2. The Hall–Kier alpha value is -1.04. The lowest BCUT2D eigenvalue weighted by molar-refractivity contribution is -0.138. The molecule has 0 radical (unpaired) electrons. The Kier molecular flexibility index (Phi) is 6.71. The Morgan fingerprint density at radius 2 is 1.86 bits per heavy atom. The summed E-state index contributed by atoms with van der Waals surface area (Å²) in [7, 11) is 0. The Labute approximate surface area is 129 Å². The summed E-state index contributed by atoms with van der Waals surface area (Å²) in [5.41, 5.74) is -0.188. The van der Waals surface area contributed by atoms with E-state index in [1.165, 1.54) is 6.07 Å². The number of piperazine rings is 1. The molecule has 0 aliphatic carbocycles. The molecule has 2 nitrogen and oxygen atoms in total. The van der Waals surface area contributed by atoms with Crippen molar-refractivity contribution in [3.8, 4) is 0 Å². The summed E-state index contributed by atoms with van der Waals surface area (Å²) in [5, 5.41) is 3.22. The lowest BCUT2D eigenvalue weighted by Crippen LogP contribution is -2.45. The van der Waals surface area contributed by atoms with Gasteiger partial charge in [0.15, 0.2) is 0 Å². The molecule has 0 aromatic heterocycles. The maximum Gasteiger partial charge on any atom is 0.416 e. The minimum Gasteiger partial charge on any atom is -0.314 e. The Morgan fingerprint density at radius 3 is 2.43 bits per heavy atom. The number of nitrogens with zero attached hydrogens (tertiary/aromatic N) is 1. The number of rotatable bonds is 4. The van der Waals surface area contributed by atoms with Crippen LogP contribution in [0, 0.1) is 0 Å². The van der Waals surface area contributed by atoms with Crippen LogP contribution in [0.5, 0.6) is 0 Å². The predicted molar refractivity (Wildman–Crippen MR) is 80.7 cm³/mol. The third-order valence-corrected chi connectivity index (χ3v) is 3.61. The normalized spacial score (nSPS) is 17.9. The average molecular weight is 321 g/mol. The molecule has 1 aliphatic rings. The highest BCUT2D eigenvalue weighted by Gasteiger charge is 2.36. The lowest BCUT2D eigenvalue weighted by Gasteiger charge is -2.35. The molecule has 2 rings (SSSR count). The second-order valence-electron chi connectivity index (χ2n) is 4.91. The van der Waals surface area contributed by atoms with Crippen LogP contribution < -0.4 is 5.32 Å². The van der Waals surface area contributed by atoms with Crippen LogP contribution in [0.1, 0.15) is 23.6 Å². The fraction of sp³-hybridized carbons (Fsp3) is 0.467. The zero-order valence-electron chi connectivity index (χ0n) is 11.7. The smallest absolute Gasteiger partial charge is 0.314 e. The molecule has 1 heterocycles. The first-order chi connectivity index (χ1) is 9.54. The van der Waals surface area contributed by atoms with Crippen molar-refractivity contribution in [2.24, 2.45) is 0 Å². The van der Waals surface area contributed by atoms with Crippen LogP contribution in [0.2, 0.25) is 0 Å². The van der Waals surface area contributed by atoms with E-state index in [1.54, 1.807) is 18.2 Å². The number of halogens is 4. The van der Waals surface area contributed by atoms with Gasteiger partial charge in [-0.3, -0.25) is 4.90 Å². The van der Waals surface area contributed by atoms with Gasteiger partial charge in [0.1, 0.15) is 0 Å². The van der Waals surface area contributed by atoms with Crippen molar-refractivity contribution in [1.82, 2.24) is 10.2 Å². The van der Waals surface area contributed by atoms with Crippen molar-refractivity contribution in [2.75, 3.05) is 26.2 Å².